The van der Waals surface area contributed by atoms with Gasteiger partial charge in [0.15, 0.2) is 0 Å². The number of halogens is 3. The number of hydrogen-bond acceptors (Lipinski definition) is 5. The van der Waals surface area contributed by atoms with Crippen molar-refractivity contribution in [3.05, 3.63) is 29.8 Å². The topological polar surface area (TPSA) is 47.1 Å². The molecular weight excluding hydrogens is 501 g/mol. The van der Waals surface area contributed by atoms with E-state index in [2.05, 4.69) is 21.7 Å². The van der Waals surface area contributed by atoms with E-state index in [1.807, 2.05) is 0 Å². The lowest BCUT2D eigenvalue weighted by molar-refractivity contribution is -0.137. The lowest BCUT2D eigenvalue weighted by Crippen LogP contribution is -2.65. The second-order valence-corrected chi connectivity index (χ2v) is 13.4. The van der Waals surface area contributed by atoms with Gasteiger partial charge in [0, 0.05) is 44.8 Å². The van der Waals surface area contributed by atoms with Crippen LogP contribution in [0.15, 0.2) is 29.2 Å². The van der Waals surface area contributed by atoms with Crippen LogP contribution in [0.2, 0.25) is 0 Å². The number of benzene rings is 1. The highest BCUT2D eigenvalue weighted by atomic mass is 32.2. The monoisotopic (exact) mass is 542 g/mol. The summed E-state index contributed by atoms with van der Waals surface area (Å²) in [5.74, 6) is 0.498. The summed E-state index contributed by atoms with van der Waals surface area (Å²) < 4.78 is 69.8. The van der Waals surface area contributed by atoms with Crippen LogP contribution < -0.4 is 0 Å². The van der Waals surface area contributed by atoms with Gasteiger partial charge in [-0.25, -0.2) is 8.42 Å². The standard InChI is InChI=1S/C27H41F3N4O2S/c1-31-15-17-32(18-16-31)12-3-2-11-25-24-10-6-14-33-13-5-7-21(26(24)33)20-34(25)37(35,36)23-9-4-8-22(19-23)27(28,29)30/h4,8-9,19,21,24-26H,2-3,5-7,10-18,20H2,1H3/t21-,24+,25+,26-/m0/s1. The van der Waals surface area contributed by atoms with E-state index in [0.29, 0.717) is 12.6 Å². The van der Waals surface area contributed by atoms with Gasteiger partial charge in [-0.3, -0.25) is 4.90 Å². The van der Waals surface area contributed by atoms with E-state index < -0.39 is 21.8 Å². The minimum absolute atomic E-state index is 0.158. The molecule has 5 rings (SSSR count). The number of sulfonamides is 1. The number of piperazine rings is 1. The number of piperidine rings is 3. The highest BCUT2D eigenvalue weighted by molar-refractivity contribution is 7.89. The van der Waals surface area contributed by atoms with E-state index in [9.17, 15) is 21.6 Å². The third-order valence-corrected chi connectivity index (χ3v) is 11.1. The van der Waals surface area contributed by atoms with Crippen molar-refractivity contribution in [1.29, 1.82) is 0 Å². The largest absolute Gasteiger partial charge is 0.416 e. The van der Waals surface area contributed by atoms with Crippen LogP contribution >= 0.6 is 0 Å². The third kappa shape index (κ3) is 5.88. The molecule has 4 aliphatic heterocycles. The van der Waals surface area contributed by atoms with Crippen molar-refractivity contribution in [3.63, 3.8) is 0 Å². The first kappa shape index (κ1) is 27.4. The Hall–Kier alpha value is -1.20. The molecule has 37 heavy (non-hydrogen) atoms. The van der Waals surface area contributed by atoms with E-state index >= 15 is 0 Å². The van der Waals surface area contributed by atoms with Crippen LogP contribution in [0.5, 0.6) is 0 Å². The molecule has 6 nitrogen and oxygen atoms in total. The fourth-order valence-corrected chi connectivity index (χ4v) is 9.12. The number of likely N-dealkylation sites (N-methyl/N-ethyl adjacent to an activating group) is 1. The molecule has 0 spiro atoms. The average molecular weight is 543 g/mol. The number of rotatable bonds is 7. The fourth-order valence-electron chi connectivity index (χ4n) is 7.32. The van der Waals surface area contributed by atoms with Crippen LogP contribution in [-0.4, -0.2) is 98.9 Å². The Morgan fingerprint density at radius 3 is 2.43 bits per heavy atom. The predicted molar refractivity (Wildman–Crippen MR) is 138 cm³/mol. The second kappa shape index (κ2) is 11.1. The molecule has 0 aliphatic carbocycles. The van der Waals surface area contributed by atoms with E-state index in [-0.39, 0.29) is 22.8 Å². The molecule has 1 aromatic carbocycles. The van der Waals surface area contributed by atoms with Gasteiger partial charge in [-0.05, 0) is 95.2 Å². The Labute approximate surface area is 219 Å². The SMILES string of the molecule is CN1CCN(CCCC[C@@H]2[C@H]3CCCN4CCC[C@@H](CN2S(=O)(=O)c2cccc(C(F)(F)F)c2)[C@@H]34)CC1. The van der Waals surface area contributed by atoms with Crippen molar-refractivity contribution in [3.8, 4) is 0 Å². The minimum atomic E-state index is -4.57. The van der Waals surface area contributed by atoms with Crippen LogP contribution in [0, 0.1) is 11.8 Å². The average Bonchev–Trinajstić information content (AvgIpc) is 2.88. The Balaban J connectivity index is 1.36. The molecule has 10 heteroatoms. The smallest absolute Gasteiger partial charge is 0.304 e. The van der Waals surface area contributed by atoms with Gasteiger partial charge in [0.1, 0.15) is 0 Å². The Bertz CT molecular complexity index is 1030. The summed E-state index contributed by atoms with van der Waals surface area (Å²) in [5.41, 5.74) is -0.909. The normalized spacial score (nSPS) is 30.8. The van der Waals surface area contributed by atoms with Crippen LogP contribution in [0.1, 0.15) is 50.5 Å². The van der Waals surface area contributed by atoms with Crippen molar-refractivity contribution >= 4 is 10.0 Å². The zero-order valence-electron chi connectivity index (χ0n) is 21.9. The predicted octanol–water partition coefficient (Wildman–Crippen LogP) is 3.99. The van der Waals surface area contributed by atoms with E-state index in [1.165, 1.54) is 12.1 Å². The molecule has 0 N–H and O–H groups in total. The van der Waals surface area contributed by atoms with Crippen molar-refractivity contribution in [2.24, 2.45) is 11.8 Å². The van der Waals surface area contributed by atoms with E-state index in [0.717, 1.165) is 103 Å². The molecule has 4 heterocycles. The number of nitrogens with zero attached hydrogens (tertiary/aromatic N) is 4. The lowest BCUT2D eigenvalue weighted by Gasteiger charge is -2.57. The summed E-state index contributed by atoms with van der Waals surface area (Å²) in [5, 5.41) is 0. The highest BCUT2D eigenvalue weighted by Gasteiger charge is 2.51. The first-order valence-corrected chi connectivity index (χ1v) is 15.4. The first-order chi connectivity index (χ1) is 17.6. The molecule has 0 unspecified atom stereocenters. The van der Waals surface area contributed by atoms with E-state index in [4.69, 9.17) is 0 Å². The molecule has 0 saturated carbocycles. The summed E-state index contributed by atoms with van der Waals surface area (Å²) >= 11 is 0. The second-order valence-electron chi connectivity index (χ2n) is 11.5. The van der Waals surface area contributed by atoms with E-state index in [1.54, 1.807) is 4.31 Å². The van der Waals surface area contributed by atoms with Gasteiger partial charge in [-0.15, -0.1) is 0 Å². The molecule has 4 aliphatic rings. The fraction of sp³-hybridized carbons (Fsp3) is 0.778. The molecule has 1 aromatic rings. The van der Waals surface area contributed by atoms with Gasteiger partial charge in [0.25, 0.3) is 0 Å². The van der Waals surface area contributed by atoms with Gasteiger partial charge < -0.3 is 9.80 Å². The lowest BCUT2D eigenvalue weighted by atomic mass is 9.70. The first-order valence-electron chi connectivity index (χ1n) is 14.0. The molecule has 0 radical (unpaired) electrons. The van der Waals surface area contributed by atoms with Crippen LogP contribution in [0.25, 0.3) is 0 Å². The van der Waals surface area contributed by atoms with Crippen molar-refractivity contribution in [2.75, 3.05) is 59.4 Å². The van der Waals surface area contributed by atoms with Gasteiger partial charge in [-0.1, -0.05) is 12.5 Å². The molecule has 0 aromatic heterocycles. The quantitative estimate of drug-likeness (QED) is 0.488. The summed E-state index contributed by atoms with van der Waals surface area (Å²) in [6.07, 6.45) is 2.24. The Morgan fingerprint density at radius 2 is 1.70 bits per heavy atom. The molecule has 0 bridgehead atoms. The number of hydrogen-bond donors (Lipinski definition) is 0. The summed E-state index contributed by atoms with van der Waals surface area (Å²) in [4.78, 5) is 7.17. The van der Waals surface area contributed by atoms with Gasteiger partial charge in [0.05, 0.1) is 10.5 Å². The van der Waals surface area contributed by atoms with Gasteiger partial charge in [-0.2, -0.15) is 17.5 Å². The van der Waals surface area contributed by atoms with Gasteiger partial charge >= 0.3 is 6.18 Å². The number of alkyl halides is 3. The zero-order chi connectivity index (χ0) is 26.2. The molecule has 4 fully saturated rings. The Kier molecular flexibility index (Phi) is 8.22. The summed E-state index contributed by atoms with van der Waals surface area (Å²) in [6.45, 7) is 7.87. The molecule has 0 amide bonds. The minimum Gasteiger partial charge on any atom is -0.304 e. The molecule has 208 valence electrons. The Morgan fingerprint density at radius 1 is 0.973 bits per heavy atom. The number of unbranched alkanes of at least 4 members (excludes halogenated alkanes) is 1. The highest BCUT2D eigenvalue weighted by Crippen LogP contribution is 2.45. The molecular formula is C27H41F3N4O2S. The van der Waals surface area contributed by atoms with Gasteiger partial charge in [0.2, 0.25) is 10.0 Å². The molecule has 4 saturated heterocycles. The maximum Gasteiger partial charge on any atom is 0.416 e. The van der Waals surface area contributed by atoms with Crippen LogP contribution in [0.3, 0.4) is 0 Å². The van der Waals surface area contributed by atoms with Crippen molar-refractivity contribution in [1.82, 2.24) is 19.0 Å². The molecule has 4 atom stereocenters. The van der Waals surface area contributed by atoms with Crippen LogP contribution in [0.4, 0.5) is 13.2 Å². The van der Waals surface area contributed by atoms with Crippen molar-refractivity contribution in [2.45, 2.75) is 68.1 Å². The van der Waals surface area contributed by atoms with Crippen LogP contribution in [-0.2, 0) is 16.2 Å². The summed E-state index contributed by atoms with van der Waals surface area (Å²) in [6, 6.07) is 4.56. The maximum absolute atomic E-state index is 14.0. The maximum atomic E-state index is 14.0. The third-order valence-electron chi connectivity index (χ3n) is 9.21. The zero-order valence-corrected chi connectivity index (χ0v) is 22.7. The van der Waals surface area contributed by atoms with Crippen molar-refractivity contribution < 1.29 is 21.6 Å². The summed E-state index contributed by atoms with van der Waals surface area (Å²) in [7, 11) is -1.90.